The molecule has 5 nitrogen and oxygen atoms in total. The Morgan fingerprint density at radius 2 is 2.00 bits per heavy atom. The second-order valence-electron chi connectivity index (χ2n) is 5.64. The molecule has 1 aliphatic heterocycles. The molecule has 0 unspecified atom stereocenters. The molecule has 23 heavy (non-hydrogen) atoms. The highest BCUT2D eigenvalue weighted by molar-refractivity contribution is 7.80. The third kappa shape index (κ3) is 2.83. The second-order valence-corrected chi connectivity index (χ2v) is 6.01. The molecule has 2 rings (SSSR count). The van der Waals surface area contributed by atoms with E-state index >= 15 is 0 Å². The number of thiocarbonyl (C=S) groups is 1. The zero-order valence-corrected chi connectivity index (χ0v) is 14.4. The molecule has 1 spiro atoms. The molecule has 1 saturated heterocycles. The van der Waals surface area contributed by atoms with Gasteiger partial charge in [0.2, 0.25) is 0 Å². The van der Waals surface area contributed by atoms with Gasteiger partial charge < -0.3 is 9.64 Å². The average molecular weight is 334 g/mol. The molecule has 0 atom stereocenters. The Morgan fingerprint density at radius 3 is 2.52 bits per heavy atom. The van der Waals surface area contributed by atoms with Crippen molar-refractivity contribution in [1.29, 1.82) is 0 Å². The first kappa shape index (κ1) is 17.4. The zero-order valence-electron chi connectivity index (χ0n) is 13.6. The van der Waals surface area contributed by atoms with Crippen LogP contribution in [-0.2, 0) is 9.53 Å². The summed E-state index contributed by atoms with van der Waals surface area (Å²) in [7, 11) is 1.25. The Hall–Kier alpha value is -1.95. The number of hydrogen-bond acceptors (Lipinski definition) is 4. The highest BCUT2D eigenvalue weighted by Gasteiger charge is 2.58. The number of carbonyl (C=O) groups excluding carboxylic acids is 2. The first-order valence-electron chi connectivity index (χ1n) is 7.75. The van der Waals surface area contributed by atoms with Crippen LogP contribution in [0.1, 0.15) is 39.0 Å². The van der Waals surface area contributed by atoms with Crippen LogP contribution in [0.5, 0.6) is 0 Å². The maximum Gasteiger partial charge on any atom is 0.422 e. The molecular formula is C17H22N2O3S. The number of ether oxygens (including phenoxy) is 1. The van der Waals surface area contributed by atoms with Crippen molar-refractivity contribution in [2.24, 2.45) is 0 Å². The Morgan fingerprint density at radius 1 is 1.35 bits per heavy atom. The molecule has 6 heteroatoms. The van der Waals surface area contributed by atoms with Gasteiger partial charge in [-0.15, -0.1) is 0 Å². The van der Waals surface area contributed by atoms with Crippen LogP contribution in [0.2, 0.25) is 0 Å². The fourth-order valence-corrected chi connectivity index (χ4v) is 3.72. The highest BCUT2D eigenvalue weighted by Crippen LogP contribution is 2.43. The predicted molar refractivity (Wildman–Crippen MR) is 92.6 cm³/mol. The van der Waals surface area contributed by atoms with Gasteiger partial charge in [-0.05, 0) is 44.1 Å². The number of imide groups is 1. The number of nitrogens with zero attached hydrogens (tertiary/aromatic N) is 2. The summed E-state index contributed by atoms with van der Waals surface area (Å²) in [5.41, 5.74) is -0.0831. The summed E-state index contributed by atoms with van der Waals surface area (Å²) in [6.45, 7) is 5.74. The minimum atomic E-state index is -0.800. The van der Waals surface area contributed by atoms with Gasteiger partial charge in [-0.1, -0.05) is 38.0 Å². The number of carbonyl (C=O) groups is 2. The largest absolute Gasteiger partial charge is 0.452 e. The van der Waals surface area contributed by atoms with Gasteiger partial charge in [0.25, 0.3) is 5.91 Å². The number of hydrogen-bond donors (Lipinski definition) is 0. The van der Waals surface area contributed by atoms with Gasteiger partial charge in [-0.3, -0.25) is 4.79 Å². The van der Waals surface area contributed by atoms with Crippen LogP contribution in [0.25, 0.3) is 0 Å². The van der Waals surface area contributed by atoms with Crippen LogP contribution >= 0.6 is 12.2 Å². The van der Waals surface area contributed by atoms with E-state index < -0.39 is 11.6 Å². The van der Waals surface area contributed by atoms with E-state index in [1.54, 1.807) is 11.0 Å². The summed E-state index contributed by atoms with van der Waals surface area (Å²) in [4.78, 5) is 27.8. The first-order valence-corrected chi connectivity index (χ1v) is 8.16. The Bertz CT molecular complexity index is 589. The van der Waals surface area contributed by atoms with Gasteiger partial charge in [-0.2, -0.15) is 4.90 Å². The number of amides is 2. The molecule has 0 bridgehead atoms. The molecule has 0 aromatic heterocycles. The molecular weight excluding hydrogens is 312 g/mol. The van der Waals surface area contributed by atoms with E-state index in [2.05, 4.69) is 6.58 Å². The van der Waals surface area contributed by atoms with Crippen LogP contribution in [0, 0.1) is 0 Å². The van der Waals surface area contributed by atoms with Crippen LogP contribution in [0.4, 0.5) is 4.79 Å². The number of methoxy groups -OCH3 is 1. The predicted octanol–water partition coefficient (Wildman–Crippen LogP) is 3.53. The summed E-state index contributed by atoms with van der Waals surface area (Å²) < 4.78 is 4.74. The van der Waals surface area contributed by atoms with Crippen molar-refractivity contribution < 1.29 is 14.3 Å². The minimum Gasteiger partial charge on any atom is -0.452 e. The van der Waals surface area contributed by atoms with E-state index in [4.69, 9.17) is 17.0 Å². The molecule has 2 fully saturated rings. The van der Waals surface area contributed by atoms with Gasteiger partial charge in [-0.25, -0.2) is 4.79 Å². The zero-order chi connectivity index (χ0) is 17.0. The Labute approximate surface area is 142 Å². The summed E-state index contributed by atoms with van der Waals surface area (Å²) >= 11 is 5.45. The van der Waals surface area contributed by atoms with E-state index in [1.165, 1.54) is 7.11 Å². The highest BCUT2D eigenvalue weighted by atomic mass is 32.1. The minimum absolute atomic E-state index is 0.166. The van der Waals surface area contributed by atoms with Crippen molar-refractivity contribution in [2.75, 3.05) is 7.11 Å². The van der Waals surface area contributed by atoms with E-state index in [-0.39, 0.29) is 11.0 Å². The van der Waals surface area contributed by atoms with Gasteiger partial charge in [0.15, 0.2) is 5.11 Å². The molecule has 0 aromatic carbocycles. The van der Waals surface area contributed by atoms with Gasteiger partial charge in [0, 0.05) is 5.70 Å². The molecule has 1 aliphatic carbocycles. The summed E-state index contributed by atoms with van der Waals surface area (Å²) in [5.74, 6) is -0.290. The van der Waals surface area contributed by atoms with E-state index in [0.29, 0.717) is 12.8 Å². The quantitative estimate of drug-likeness (QED) is 0.584. The Kier molecular flexibility index (Phi) is 5.36. The van der Waals surface area contributed by atoms with E-state index in [0.717, 1.165) is 29.9 Å². The Balaban J connectivity index is 2.55. The van der Waals surface area contributed by atoms with Crippen molar-refractivity contribution in [3.8, 4) is 0 Å². The smallest absolute Gasteiger partial charge is 0.422 e. The summed E-state index contributed by atoms with van der Waals surface area (Å²) in [5, 5.41) is 0.166. The molecule has 0 radical (unpaired) electrons. The normalized spacial score (nSPS) is 21.4. The van der Waals surface area contributed by atoms with Crippen LogP contribution in [-0.4, -0.2) is 39.6 Å². The van der Waals surface area contributed by atoms with Crippen molar-refractivity contribution >= 4 is 29.3 Å². The fraction of sp³-hybridized carbons (Fsp3) is 0.471. The molecule has 0 N–H and O–H groups in total. The van der Waals surface area contributed by atoms with Gasteiger partial charge >= 0.3 is 6.09 Å². The lowest BCUT2D eigenvalue weighted by molar-refractivity contribution is -0.133. The molecule has 124 valence electrons. The van der Waals surface area contributed by atoms with Crippen molar-refractivity contribution in [3.63, 3.8) is 0 Å². The van der Waals surface area contributed by atoms with Crippen LogP contribution < -0.4 is 0 Å². The standard InChI is InChI=1S/C17H22N2O3S/c1-4-6-10-13(5-2)19-15(23)18(16(21)22-3)14(20)17(19)11-8-7-9-12-17/h4-6,10H,2,7-9,11-12H2,1,3H3/b6-4-,13-10+. The summed E-state index contributed by atoms with van der Waals surface area (Å²) in [6, 6.07) is 0. The van der Waals surface area contributed by atoms with E-state index in [1.807, 2.05) is 25.2 Å². The molecule has 1 heterocycles. The lowest BCUT2D eigenvalue weighted by Gasteiger charge is -2.39. The van der Waals surface area contributed by atoms with Crippen molar-refractivity contribution in [2.45, 2.75) is 44.6 Å². The molecule has 1 saturated carbocycles. The lowest BCUT2D eigenvalue weighted by Crippen LogP contribution is -2.50. The maximum absolute atomic E-state index is 13.0. The number of rotatable bonds is 3. The molecule has 2 amide bonds. The fourth-order valence-electron chi connectivity index (χ4n) is 3.29. The van der Waals surface area contributed by atoms with Crippen molar-refractivity contribution in [1.82, 2.24) is 9.80 Å². The lowest BCUT2D eigenvalue weighted by atomic mass is 9.80. The molecule has 2 aliphatic rings. The van der Waals surface area contributed by atoms with Gasteiger partial charge in [0.05, 0.1) is 7.11 Å². The monoisotopic (exact) mass is 334 g/mol. The average Bonchev–Trinajstić information content (AvgIpc) is 2.77. The van der Waals surface area contributed by atoms with Crippen LogP contribution in [0.3, 0.4) is 0 Å². The van der Waals surface area contributed by atoms with Gasteiger partial charge in [0.1, 0.15) is 5.54 Å². The van der Waals surface area contributed by atoms with Crippen LogP contribution in [0.15, 0.2) is 36.6 Å². The third-order valence-electron chi connectivity index (χ3n) is 4.38. The van der Waals surface area contributed by atoms with E-state index in [9.17, 15) is 9.59 Å². The number of allylic oxidation sites excluding steroid dienone is 4. The van der Waals surface area contributed by atoms with Crippen molar-refractivity contribution in [3.05, 3.63) is 36.6 Å². The topological polar surface area (TPSA) is 49.9 Å². The third-order valence-corrected chi connectivity index (χ3v) is 4.74. The first-order chi connectivity index (χ1) is 11.0. The molecule has 0 aromatic rings. The SMILES string of the molecule is C=C/C(=C\C=C/C)N1C(=S)N(C(=O)OC)C(=O)C12CCCCC2. The second kappa shape index (κ2) is 7.08. The summed E-state index contributed by atoms with van der Waals surface area (Å²) in [6.07, 6.45) is 10.8. The maximum atomic E-state index is 13.0.